The summed E-state index contributed by atoms with van der Waals surface area (Å²) in [5.74, 6) is 0.678. The van der Waals surface area contributed by atoms with Crippen LogP contribution in [0.4, 0.5) is 5.69 Å². The molecule has 0 aliphatic heterocycles. The molecule has 0 saturated carbocycles. The Kier molecular flexibility index (Phi) is 4.75. The molecule has 0 bridgehead atoms. The molecule has 3 nitrogen and oxygen atoms in total. The third-order valence-corrected chi connectivity index (χ3v) is 3.51. The van der Waals surface area contributed by atoms with E-state index < -0.39 is 0 Å². The summed E-state index contributed by atoms with van der Waals surface area (Å²) in [6.07, 6.45) is 4.84. The summed E-state index contributed by atoms with van der Waals surface area (Å²) in [5, 5.41) is 2.75. The van der Waals surface area contributed by atoms with Crippen LogP contribution in [-0.2, 0) is 10.5 Å². The summed E-state index contributed by atoms with van der Waals surface area (Å²) < 4.78 is 0. The van der Waals surface area contributed by atoms with E-state index in [0.29, 0.717) is 0 Å². The first-order valence-corrected chi connectivity index (χ1v) is 6.81. The minimum absolute atomic E-state index is 0.198. The van der Waals surface area contributed by atoms with E-state index in [1.807, 2.05) is 36.4 Å². The number of hydrogen-bond donors (Lipinski definition) is 1. The van der Waals surface area contributed by atoms with Crippen LogP contribution in [0.3, 0.4) is 0 Å². The predicted octanol–water partition coefficient (Wildman–Crippen LogP) is 3.50. The molecule has 0 fully saturated rings. The Hall–Kier alpha value is -2.07. The molecule has 0 aliphatic carbocycles. The average molecular weight is 270 g/mol. The maximum Gasteiger partial charge on any atom is 0.247 e. The zero-order valence-electron chi connectivity index (χ0n) is 10.4. The van der Waals surface area contributed by atoms with Crippen LogP contribution < -0.4 is 5.32 Å². The highest BCUT2D eigenvalue weighted by atomic mass is 32.2. The molecule has 0 unspecified atom stereocenters. The van der Waals surface area contributed by atoms with Gasteiger partial charge in [0.15, 0.2) is 0 Å². The van der Waals surface area contributed by atoms with Crippen molar-refractivity contribution >= 4 is 23.4 Å². The van der Waals surface area contributed by atoms with Gasteiger partial charge >= 0.3 is 0 Å². The van der Waals surface area contributed by atoms with Gasteiger partial charge in [-0.3, -0.25) is 9.78 Å². The number of carbonyl (C=O) groups is 1. The zero-order chi connectivity index (χ0) is 13.5. The number of amides is 1. The van der Waals surface area contributed by atoms with Crippen LogP contribution in [0.5, 0.6) is 0 Å². The van der Waals surface area contributed by atoms with Crippen molar-refractivity contribution in [1.82, 2.24) is 4.98 Å². The molecule has 4 heteroatoms. The van der Waals surface area contributed by atoms with Gasteiger partial charge in [-0.25, -0.2) is 0 Å². The fourth-order valence-corrected chi connectivity index (χ4v) is 2.41. The van der Waals surface area contributed by atoms with Gasteiger partial charge < -0.3 is 5.32 Å². The van der Waals surface area contributed by atoms with Gasteiger partial charge in [-0.15, -0.1) is 11.8 Å². The standard InChI is InChI=1S/C15H14N2OS/c1-2-15(18)17-13-4-3-5-14(10-13)19-11-12-6-8-16-9-7-12/h2-10H,1,11H2,(H,17,18). The van der Waals surface area contributed by atoms with Crippen LogP contribution in [0.1, 0.15) is 5.56 Å². The van der Waals surface area contributed by atoms with Gasteiger partial charge in [-0.2, -0.15) is 0 Å². The number of pyridine rings is 1. The van der Waals surface area contributed by atoms with Crippen molar-refractivity contribution in [2.24, 2.45) is 0 Å². The second-order valence-electron chi connectivity index (χ2n) is 3.87. The third-order valence-electron chi connectivity index (χ3n) is 2.44. The highest BCUT2D eigenvalue weighted by Crippen LogP contribution is 2.24. The maximum atomic E-state index is 11.2. The summed E-state index contributed by atoms with van der Waals surface area (Å²) in [4.78, 5) is 16.3. The normalized spacial score (nSPS) is 9.89. The number of anilines is 1. The van der Waals surface area contributed by atoms with E-state index in [4.69, 9.17) is 0 Å². The van der Waals surface area contributed by atoms with E-state index in [0.717, 1.165) is 16.3 Å². The minimum atomic E-state index is -0.198. The van der Waals surface area contributed by atoms with Crippen LogP contribution in [0.2, 0.25) is 0 Å². The first-order chi connectivity index (χ1) is 9.28. The number of thioether (sulfide) groups is 1. The van der Waals surface area contributed by atoms with Crippen molar-refractivity contribution in [2.45, 2.75) is 10.6 Å². The molecule has 0 spiro atoms. The van der Waals surface area contributed by atoms with E-state index in [9.17, 15) is 4.79 Å². The number of carbonyl (C=O) groups excluding carboxylic acids is 1. The molecular weight excluding hydrogens is 256 g/mol. The van der Waals surface area contributed by atoms with Crippen molar-refractivity contribution < 1.29 is 4.79 Å². The molecule has 19 heavy (non-hydrogen) atoms. The number of benzene rings is 1. The van der Waals surface area contributed by atoms with Gasteiger partial charge in [0.25, 0.3) is 0 Å². The lowest BCUT2D eigenvalue weighted by molar-refractivity contribution is -0.111. The van der Waals surface area contributed by atoms with E-state index in [1.165, 1.54) is 11.6 Å². The fraction of sp³-hybridized carbons (Fsp3) is 0.0667. The lowest BCUT2D eigenvalue weighted by atomic mass is 10.3. The fourth-order valence-electron chi connectivity index (χ4n) is 1.50. The number of aromatic nitrogens is 1. The Balaban J connectivity index is 1.99. The van der Waals surface area contributed by atoms with E-state index >= 15 is 0 Å². The first-order valence-electron chi connectivity index (χ1n) is 5.83. The minimum Gasteiger partial charge on any atom is -0.322 e. The summed E-state index contributed by atoms with van der Waals surface area (Å²) >= 11 is 1.72. The Labute approximate surface area is 116 Å². The lowest BCUT2D eigenvalue weighted by Crippen LogP contribution is -2.06. The SMILES string of the molecule is C=CC(=O)Nc1cccc(SCc2ccncc2)c1. The van der Waals surface area contributed by atoms with Gasteiger partial charge in [-0.05, 0) is 42.0 Å². The van der Waals surface area contributed by atoms with Crippen molar-refractivity contribution in [3.63, 3.8) is 0 Å². The Morgan fingerprint density at radius 1 is 1.32 bits per heavy atom. The molecule has 1 aromatic heterocycles. The summed E-state index contributed by atoms with van der Waals surface area (Å²) in [7, 11) is 0. The van der Waals surface area contributed by atoms with Gasteiger partial charge in [0.1, 0.15) is 0 Å². The molecule has 1 amide bonds. The number of nitrogens with one attached hydrogen (secondary N) is 1. The second-order valence-corrected chi connectivity index (χ2v) is 4.91. The van der Waals surface area contributed by atoms with Crippen molar-refractivity contribution in [1.29, 1.82) is 0 Å². The van der Waals surface area contributed by atoms with E-state index in [-0.39, 0.29) is 5.91 Å². The smallest absolute Gasteiger partial charge is 0.247 e. The van der Waals surface area contributed by atoms with E-state index in [2.05, 4.69) is 16.9 Å². The number of rotatable bonds is 5. The van der Waals surface area contributed by atoms with Gasteiger partial charge in [-0.1, -0.05) is 12.6 Å². The monoisotopic (exact) mass is 270 g/mol. The van der Waals surface area contributed by atoms with Gasteiger partial charge in [0, 0.05) is 28.7 Å². The molecule has 2 aromatic rings. The van der Waals surface area contributed by atoms with Crippen molar-refractivity contribution in [2.75, 3.05) is 5.32 Å². The van der Waals surface area contributed by atoms with Crippen molar-refractivity contribution in [3.8, 4) is 0 Å². The molecular formula is C15H14N2OS. The molecule has 0 radical (unpaired) electrons. The maximum absolute atomic E-state index is 11.2. The molecule has 1 heterocycles. The quantitative estimate of drug-likeness (QED) is 0.668. The molecule has 1 N–H and O–H groups in total. The topological polar surface area (TPSA) is 42.0 Å². The molecule has 0 atom stereocenters. The van der Waals surface area contributed by atoms with E-state index in [1.54, 1.807) is 24.2 Å². The highest BCUT2D eigenvalue weighted by Gasteiger charge is 2.00. The van der Waals surface area contributed by atoms with Gasteiger partial charge in [0.05, 0.1) is 0 Å². The average Bonchev–Trinajstić information content (AvgIpc) is 2.46. The molecule has 1 aromatic carbocycles. The Bertz CT molecular complexity index is 569. The largest absolute Gasteiger partial charge is 0.322 e. The third kappa shape index (κ3) is 4.26. The molecule has 96 valence electrons. The molecule has 0 saturated heterocycles. The lowest BCUT2D eigenvalue weighted by Gasteiger charge is -2.05. The first kappa shape index (κ1) is 13.4. The van der Waals surface area contributed by atoms with Crippen LogP contribution in [-0.4, -0.2) is 10.9 Å². The van der Waals surface area contributed by atoms with Crippen LogP contribution in [0, 0.1) is 0 Å². The summed E-state index contributed by atoms with van der Waals surface area (Å²) in [5.41, 5.74) is 2.00. The summed E-state index contributed by atoms with van der Waals surface area (Å²) in [6.45, 7) is 3.43. The number of nitrogens with zero attached hydrogens (tertiary/aromatic N) is 1. The predicted molar refractivity (Wildman–Crippen MR) is 79.1 cm³/mol. The number of hydrogen-bond acceptors (Lipinski definition) is 3. The van der Waals surface area contributed by atoms with Crippen LogP contribution >= 0.6 is 11.8 Å². The Morgan fingerprint density at radius 2 is 2.11 bits per heavy atom. The van der Waals surface area contributed by atoms with Crippen molar-refractivity contribution in [3.05, 3.63) is 67.0 Å². The van der Waals surface area contributed by atoms with Gasteiger partial charge in [0.2, 0.25) is 5.91 Å². The molecule has 2 rings (SSSR count). The highest BCUT2D eigenvalue weighted by molar-refractivity contribution is 7.98. The van der Waals surface area contributed by atoms with Crippen LogP contribution in [0.25, 0.3) is 0 Å². The summed E-state index contributed by atoms with van der Waals surface area (Å²) in [6, 6.07) is 11.8. The second kappa shape index (κ2) is 6.75. The van der Waals surface area contributed by atoms with Crippen LogP contribution in [0.15, 0.2) is 66.3 Å². The molecule has 0 aliphatic rings. The Morgan fingerprint density at radius 3 is 2.84 bits per heavy atom. The zero-order valence-corrected chi connectivity index (χ0v) is 11.2.